The van der Waals surface area contributed by atoms with Gasteiger partial charge in [0.05, 0.1) is 11.1 Å². The molecule has 1 spiro atoms. The Morgan fingerprint density at radius 3 is 2.91 bits per heavy atom. The zero-order valence-electron chi connectivity index (χ0n) is 20.8. The molecule has 1 aromatic heterocycles. The van der Waals surface area contributed by atoms with Crippen molar-refractivity contribution in [3.05, 3.63) is 41.1 Å². The summed E-state index contributed by atoms with van der Waals surface area (Å²) in [5.74, 6) is 0.872. The third-order valence-corrected chi connectivity index (χ3v) is 8.52. The van der Waals surface area contributed by atoms with Crippen LogP contribution in [0.5, 0.6) is 6.01 Å². The number of likely N-dealkylation sites (tertiary alicyclic amines) is 1. The Bertz CT molecular complexity index is 1120. The molecule has 0 radical (unpaired) electrons. The molecule has 0 saturated carbocycles. The van der Waals surface area contributed by atoms with Gasteiger partial charge in [0.1, 0.15) is 12.3 Å². The van der Waals surface area contributed by atoms with Gasteiger partial charge in [-0.05, 0) is 63.7 Å². The number of amides is 1. The van der Waals surface area contributed by atoms with Crippen molar-refractivity contribution in [1.29, 1.82) is 0 Å². The highest BCUT2D eigenvalue weighted by Crippen LogP contribution is 2.46. The predicted octanol–water partition coefficient (Wildman–Crippen LogP) is 2.52. The van der Waals surface area contributed by atoms with Gasteiger partial charge in [-0.15, -0.1) is 0 Å². The van der Waals surface area contributed by atoms with E-state index in [1.807, 2.05) is 0 Å². The molecule has 3 atom stereocenters. The molecule has 4 heterocycles. The number of fused-ring (bicyclic) bond motifs is 3. The highest BCUT2D eigenvalue weighted by Gasteiger charge is 2.48. The summed E-state index contributed by atoms with van der Waals surface area (Å²) in [6.45, 7) is 6.49. The number of hydrogen-bond acceptors (Lipinski definition) is 7. The van der Waals surface area contributed by atoms with Crippen LogP contribution in [0.1, 0.15) is 49.4 Å². The Kier molecular flexibility index (Phi) is 5.89. The van der Waals surface area contributed by atoms with Crippen LogP contribution in [0.2, 0.25) is 0 Å². The van der Waals surface area contributed by atoms with Crippen molar-refractivity contribution in [2.24, 2.45) is 0 Å². The van der Waals surface area contributed by atoms with Crippen LogP contribution < -0.4 is 20.3 Å². The molecule has 3 aliphatic heterocycles. The Morgan fingerprint density at radius 2 is 2.09 bits per heavy atom. The highest BCUT2D eigenvalue weighted by molar-refractivity contribution is 6.04. The van der Waals surface area contributed by atoms with Gasteiger partial charge < -0.3 is 25.2 Å². The zero-order valence-corrected chi connectivity index (χ0v) is 20.8. The van der Waals surface area contributed by atoms with E-state index in [9.17, 15) is 4.79 Å². The summed E-state index contributed by atoms with van der Waals surface area (Å²) in [6, 6.07) is 9.51. The lowest BCUT2D eigenvalue weighted by molar-refractivity contribution is -0.122. The maximum atomic E-state index is 13.8. The van der Waals surface area contributed by atoms with Gasteiger partial charge in [-0.1, -0.05) is 24.3 Å². The molecular weight excluding hydrogens is 440 g/mol. The van der Waals surface area contributed by atoms with Crippen LogP contribution in [0.4, 0.5) is 11.5 Å². The number of aryl methyl sites for hydroxylation is 1. The van der Waals surface area contributed by atoms with E-state index in [1.54, 1.807) is 0 Å². The second-order valence-corrected chi connectivity index (χ2v) is 10.7. The van der Waals surface area contributed by atoms with Gasteiger partial charge in [0.2, 0.25) is 5.91 Å². The molecule has 1 amide bonds. The summed E-state index contributed by atoms with van der Waals surface area (Å²) in [5, 5.41) is 6.74. The lowest BCUT2D eigenvalue weighted by Gasteiger charge is -2.42. The van der Waals surface area contributed by atoms with Crippen LogP contribution in [0.3, 0.4) is 0 Å². The number of hydrogen-bond donors (Lipinski definition) is 2. The number of carbonyl (C=O) groups excluding carboxylic acids is 1. The topological polar surface area (TPSA) is 82.6 Å². The number of carbonyl (C=O) groups is 1. The first-order chi connectivity index (χ1) is 17.0. The average molecular weight is 477 g/mol. The molecular formula is C27H36N6O2. The van der Waals surface area contributed by atoms with E-state index in [2.05, 4.69) is 58.7 Å². The SMILES string of the molecule is C[C@H]1CNCCN1c1nc(OC[C@@H]2CCCN2C)nc2c1NC(=O)C1(CCCc3ccccc31)C2. The number of nitrogens with one attached hydrogen (secondary N) is 2. The van der Waals surface area contributed by atoms with E-state index in [-0.39, 0.29) is 11.9 Å². The van der Waals surface area contributed by atoms with Crippen LogP contribution in [0.15, 0.2) is 24.3 Å². The molecule has 4 aliphatic rings. The van der Waals surface area contributed by atoms with Crippen molar-refractivity contribution in [2.75, 3.05) is 50.1 Å². The molecule has 1 aromatic carbocycles. The molecule has 2 fully saturated rings. The Balaban J connectivity index is 1.40. The summed E-state index contributed by atoms with van der Waals surface area (Å²) < 4.78 is 6.25. The van der Waals surface area contributed by atoms with Gasteiger partial charge in [0.15, 0.2) is 5.82 Å². The molecule has 6 rings (SSSR count). The number of anilines is 2. The minimum atomic E-state index is -0.578. The maximum Gasteiger partial charge on any atom is 0.318 e. The predicted molar refractivity (Wildman–Crippen MR) is 136 cm³/mol. The van der Waals surface area contributed by atoms with Crippen molar-refractivity contribution in [2.45, 2.75) is 62.9 Å². The molecule has 1 unspecified atom stereocenters. The largest absolute Gasteiger partial charge is 0.462 e. The number of ether oxygens (including phenoxy) is 1. The van der Waals surface area contributed by atoms with Crippen LogP contribution in [-0.2, 0) is 23.1 Å². The average Bonchev–Trinajstić information content (AvgIpc) is 3.28. The van der Waals surface area contributed by atoms with Crippen molar-refractivity contribution in [1.82, 2.24) is 20.2 Å². The van der Waals surface area contributed by atoms with Gasteiger partial charge in [0, 0.05) is 38.1 Å². The van der Waals surface area contributed by atoms with Gasteiger partial charge >= 0.3 is 6.01 Å². The summed E-state index contributed by atoms with van der Waals surface area (Å²) in [4.78, 5) is 28.3. The van der Waals surface area contributed by atoms with E-state index < -0.39 is 5.41 Å². The van der Waals surface area contributed by atoms with Gasteiger partial charge in [0.25, 0.3) is 0 Å². The van der Waals surface area contributed by atoms with Crippen molar-refractivity contribution in [3.63, 3.8) is 0 Å². The maximum absolute atomic E-state index is 13.8. The molecule has 2 saturated heterocycles. The molecule has 1 aliphatic carbocycles. The second-order valence-electron chi connectivity index (χ2n) is 10.7. The molecule has 8 heteroatoms. The molecule has 35 heavy (non-hydrogen) atoms. The van der Waals surface area contributed by atoms with Crippen LogP contribution >= 0.6 is 0 Å². The van der Waals surface area contributed by atoms with E-state index in [4.69, 9.17) is 14.7 Å². The Hall–Kier alpha value is -2.71. The van der Waals surface area contributed by atoms with Crippen molar-refractivity contribution < 1.29 is 9.53 Å². The first kappa shape index (κ1) is 22.7. The quantitative estimate of drug-likeness (QED) is 0.702. The first-order valence-electron chi connectivity index (χ1n) is 13.2. The first-order valence-corrected chi connectivity index (χ1v) is 13.2. The van der Waals surface area contributed by atoms with E-state index in [0.29, 0.717) is 25.1 Å². The van der Waals surface area contributed by atoms with E-state index in [1.165, 1.54) is 12.0 Å². The Morgan fingerprint density at radius 1 is 1.20 bits per heavy atom. The minimum Gasteiger partial charge on any atom is -0.462 e. The summed E-state index contributed by atoms with van der Waals surface area (Å²) in [6.07, 6.45) is 5.79. The summed E-state index contributed by atoms with van der Waals surface area (Å²) >= 11 is 0. The number of nitrogens with zero attached hydrogens (tertiary/aromatic N) is 4. The van der Waals surface area contributed by atoms with Gasteiger partial charge in [-0.25, -0.2) is 0 Å². The fourth-order valence-corrected chi connectivity index (χ4v) is 6.46. The number of aromatic nitrogens is 2. The lowest BCUT2D eigenvalue weighted by atomic mass is 9.65. The normalized spacial score (nSPS) is 28.5. The molecule has 0 bridgehead atoms. The smallest absolute Gasteiger partial charge is 0.318 e. The Labute approximate surface area is 207 Å². The number of likely N-dealkylation sites (N-methyl/N-ethyl adjacent to an activating group) is 1. The van der Waals surface area contributed by atoms with E-state index in [0.717, 1.165) is 74.6 Å². The molecule has 2 aromatic rings. The third kappa shape index (κ3) is 3.96. The molecule has 8 nitrogen and oxygen atoms in total. The van der Waals surface area contributed by atoms with Crippen LogP contribution in [0.25, 0.3) is 0 Å². The van der Waals surface area contributed by atoms with Crippen molar-refractivity contribution in [3.8, 4) is 6.01 Å². The highest BCUT2D eigenvalue weighted by atomic mass is 16.5. The molecule has 186 valence electrons. The number of benzene rings is 1. The second kappa shape index (κ2) is 9.06. The number of rotatable bonds is 4. The van der Waals surface area contributed by atoms with Crippen molar-refractivity contribution >= 4 is 17.4 Å². The fourth-order valence-electron chi connectivity index (χ4n) is 6.46. The molecule has 2 N–H and O–H groups in total. The van der Waals surface area contributed by atoms with Crippen LogP contribution in [-0.4, -0.2) is 72.7 Å². The fraction of sp³-hybridized carbons (Fsp3) is 0.593. The van der Waals surface area contributed by atoms with Gasteiger partial charge in [-0.3, -0.25) is 4.79 Å². The minimum absolute atomic E-state index is 0.0750. The lowest BCUT2D eigenvalue weighted by Crippen LogP contribution is -2.52. The summed E-state index contributed by atoms with van der Waals surface area (Å²) in [5.41, 5.74) is 3.52. The number of piperazine rings is 1. The van der Waals surface area contributed by atoms with E-state index >= 15 is 0 Å². The standard InChI is InChI=1S/C27H36N6O2/c1-18-16-28-12-14-33(18)24-23-22(29-26(31-24)35-17-20-9-6-13-32(20)2)15-27(25(34)30-23)11-5-8-19-7-3-4-10-21(19)27/h3-4,7,10,18,20,28H,5-6,8-9,11-17H2,1-2H3,(H,30,34)/t18-,20-,27?/m0/s1. The van der Waals surface area contributed by atoms with Gasteiger partial charge in [-0.2, -0.15) is 9.97 Å². The third-order valence-electron chi connectivity index (χ3n) is 8.52. The monoisotopic (exact) mass is 476 g/mol. The zero-order chi connectivity index (χ0) is 24.0. The van der Waals surface area contributed by atoms with Crippen LogP contribution in [0, 0.1) is 0 Å². The summed E-state index contributed by atoms with van der Waals surface area (Å²) in [7, 11) is 2.16.